The number of nitrogens with one attached hydrogen (secondary N) is 2. The molecule has 0 aliphatic carbocycles. The molecule has 4 nitrogen and oxygen atoms in total. The first-order valence-corrected chi connectivity index (χ1v) is 11.3. The van der Waals surface area contributed by atoms with Crippen molar-refractivity contribution in [3.63, 3.8) is 0 Å². The van der Waals surface area contributed by atoms with E-state index in [-0.39, 0.29) is 5.82 Å². The number of benzene rings is 2. The molecule has 0 aliphatic rings. The first kappa shape index (κ1) is 21.6. The molecular weight excluding hydrogens is 423 g/mol. The molecule has 0 radical (unpaired) electrons. The van der Waals surface area contributed by atoms with Crippen LogP contribution in [-0.4, -0.2) is 20.2 Å². The van der Waals surface area contributed by atoms with Crippen molar-refractivity contribution in [1.29, 1.82) is 0 Å². The lowest BCUT2D eigenvalue weighted by Crippen LogP contribution is -2.23. The van der Waals surface area contributed by atoms with E-state index in [1.165, 1.54) is 6.07 Å². The van der Waals surface area contributed by atoms with Gasteiger partial charge in [0.1, 0.15) is 11.5 Å². The number of aromatic nitrogens is 4. The molecule has 0 fully saturated rings. The van der Waals surface area contributed by atoms with Crippen molar-refractivity contribution in [3.8, 4) is 22.5 Å². The molecule has 0 atom stereocenters. The van der Waals surface area contributed by atoms with Crippen LogP contribution in [0.2, 0.25) is 0 Å². The Balaban J connectivity index is 1.66. The summed E-state index contributed by atoms with van der Waals surface area (Å²) in [6.07, 6.45) is 8.65. The van der Waals surface area contributed by atoms with Crippen LogP contribution >= 0.6 is 0 Å². The maximum Gasteiger partial charge on any atom is 0.131 e. The van der Waals surface area contributed by atoms with Gasteiger partial charge in [-0.2, -0.15) is 5.10 Å². The van der Waals surface area contributed by atoms with Gasteiger partial charge in [0.15, 0.2) is 0 Å². The average molecular weight is 449 g/mol. The molecule has 2 N–H and O–H groups in total. The van der Waals surface area contributed by atoms with Crippen molar-refractivity contribution in [2.75, 3.05) is 0 Å². The summed E-state index contributed by atoms with van der Waals surface area (Å²) in [6.45, 7) is 8.37. The minimum atomic E-state index is -0.242. The number of allylic oxidation sites excluding steroid dienone is 1. The summed E-state index contributed by atoms with van der Waals surface area (Å²) in [5.74, 6) is -0.242. The van der Waals surface area contributed by atoms with E-state index in [0.29, 0.717) is 5.56 Å². The Labute approximate surface area is 197 Å². The molecule has 0 aliphatic heterocycles. The number of nitrogens with zero attached hydrogens (tertiary/aromatic N) is 2. The summed E-state index contributed by atoms with van der Waals surface area (Å²) >= 11 is 0. The maximum atomic E-state index is 14.6. The monoisotopic (exact) mass is 448 g/mol. The number of rotatable bonds is 5. The summed E-state index contributed by atoms with van der Waals surface area (Å²) in [5, 5.41) is 10.5. The van der Waals surface area contributed by atoms with Gasteiger partial charge in [0.25, 0.3) is 0 Å². The number of pyridine rings is 1. The third-order valence-electron chi connectivity index (χ3n) is 6.10. The molecule has 34 heavy (non-hydrogen) atoms. The van der Waals surface area contributed by atoms with Crippen LogP contribution in [0.15, 0.2) is 73.6 Å². The number of H-pyrrole nitrogens is 2. The van der Waals surface area contributed by atoms with Gasteiger partial charge in [-0.1, -0.05) is 49.9 Å². The molecule has 0 saturated heterocycles. The van der Waals surface area contributed by atoms with E-state index in [1.54, 1.807) is 12.1 Å². The number of hydrogen-bond acceptors (Lipinski definition) is 2. The Hall–Kier alpha value is -4.25. The SMILES string of the molecule is C=C(/C=c1/c(-c2cc3c(-c4ccccc4F)cccc3[nH]2)n[nH]/c1=C/C)c1cncc(CC)c1. The van der Waals surface area contributed by atoms with Gasteiger partial charge in [-0.05, 0) is 65.9 Å². The van der Waals surface area contributed by atoms with E-state index < -0.39 is 0 Å². The van der Waals surface area contributed by atoms with Gasteiger partial charge in [0, 0.05) is 34.1 Å². The summed E-state index contributed by atoms with van der Waals surface area (Å²) < 4.78 is 14.6. The number of fused-ring (bicyclic) bond motifs is 1. The van der Waals surface area contributed by atoms with E-state index in [0.717, 1.165) is 61.5 Å². The van der Waals surface area contributed by atoms with Crippen molar-refractivity contribution < 1.29 is 4.39 Å². The molecule has 5 heteroatoms. The molecule has 0 bridgehead atoms. The first-order chi connectivity index (χ1) is 16.6. The second kappa shape index (κ2) is 8.94. The first-order valence-electron chi connectivity index (χ1n) is 11.3. The molecule has 168 valence electrons. The van der Waals surface area contributed by atoms with Crippen LogP contribution in [0, 0.1) is 5.82 Å². The minimum absolute atomic E-state index is 0.242. The van der Waals surface area contributed by atoms with Crippen LogP contribution in [0.5, 0.6) is 0 Å². The molecule has 5 rings (SSSR count). The number of aromatic amines is 2. The Bertz CT molecular complexity index is 1640. The predicted molar refractivity (Wildman–Crippen MR) is 138 cm³/mol. The fourth-order valence-corrected chi connectivity index (χ4v) is 4.25. The highest BCUT2D eigenvalue weighted by Gasteiger charge is 2.14. The summed E-state index contributed by atoms with van der Waals surface area (Å²) in [6, 6.07) is 16.9. The highest BCUT2D eigenvalue weighted by atomic mass is 19.1. The van der Waals surface area contributed by atoms with Gasteiger partial charge in [-0.3, -0.25) is 10.1 Å². The third-order valence-corrected chi connectivity index (χ3v) is 6.10. The summed E-state index contributed by atoms with van der Waals surface area (Å²) in [5.41, 5.74) is 6.97. The second-order valence-corrected chi connectivity index (χ2v) is 8.22. The second-order valence-electron chi connectivity index (χ2n) is 8.22. The zero-order valence-corrected chi connectivity index (χ0v) is 19.2. The van der Waals surface area contributed by atoms with Crippen LogP contribution in [0.25, 0.3) is 51.1 Å². The van der Waals surface area contributed by atoms with Crippen molar-refractivity contribution in [1.82, 2.24) is 20.2 Å². The van der Waals surface area contributed by atoms with E-state index in [1.807, 2.05) is 61.8 Å². The zero-order chi connectivity index (χ0) is 23.7. The molecule has 2 aromatic carbocycles. The van der Waals surface area contributed by atoms with Crippen molar-refractivity contribution in [2.45, 2.75) is 20.3 Å². The lowest BCUT2D eigenvalue weighted by molar-refractivity contribution is 0.631. The molecule has 5 aromatic rings. The zero-order valence-electron chi connectivity index (χ0n) is 19.2. The maximum absolute atomic E-state index is 14.6. The lowest BCUT2D eigenvalue weighted by Gasteiger charge is -2.04. The number of hydrogen-bond donors (Lipinski definition) is 2. The van der Waals surface area contributed by atoms with Crippen molar-refractivity contribution in [2.24, 2.45) is 0 Å². The Kier molecular flexibility index (Phi) is 5.68. The predicted octanol–water partition coefficient (Wildman–Crippen LogP) is 5.62. The fraction of sp³-hybridized carbons (Fsp3) is 0.103. The molecule has 3 aromatic heterocycles. The van der Waals surface area contributed by atoms with Crippen molar-refractivity contribution in [3.05, 3.63) is 101 Å². The van der Waals surface area contributed by atoms with E-state index in [4.69, 9.17) is 0 Å². The summed E-state index contributed by atoms with van der Waals surface area (Å²) in [4.78, 5) is 7.82. The molecule has 0 unspecified atom stereocenters. The fourth-order valence-electron chi connectivity index (χ4n) is 4.25. The third kappa shape index (κ3) is 3.86. The van der Waals surface area contributed by atoms with Gasteiger partial charge in [0.05, 0.1) is 11.0 Å². The smallest absolute Gasteiger partial charge is 0.131 e. The van der Waals surface area contributed by atoms with Gasteiger partial charge in [-0.25, -0.2) is 4.39 Å². The minimum Gasteiger partial charge on any atom is -0.353 e. The van der Waals surface area contributed by atoms with Gasteiger partial charge >= 0.3 is 0 Å². The summed E-state index contributed by atoms with van der Waals surface area (Å²) in [7, 11) is 0. The van der Waals surface area contributed by atoms with E-state index in [2.05, 4.69) is 39.7 Å². The van der Waals surface area contributed by atoms with Crippen LogP contribution in [0.3, 0.4) is 0 Å². The van der Waals surface area contributed by atoms with Gasteiger partial charge < -0.3 is 4.98 Å². The highest BCUT2D eigenvalue weighted by Crippen LogP contribution is 2.32. The highest BCUT2D eigenvalue weighted by molar-refractivity contribution is 5.98. The van der Waals surface area contributed by atoms with E-state index >= 15 is 0 Å². The average Bonchev–Trinajstić information content (AvgIpc) is 3.48. The largest absolute Gasteiger partial charge is 0.353 e. The molecular formula is C29H25FN4. The lowest BCUT2D eigenvalue weighted by atomic mass is 10.0. The number of halogens is 1. The van der Waals surface area contributed by atoms with Crippen LogP contribution in [0.4, 0.5) is 4.39 Å². The molecule has 0 amide bonds. The van der Waals surface area contributed by atoms with Crippen molar-refractivity contribution >= 4 is 28.6 Å². The van der Waals surface area contributed by atoms with Gasteiger partial charge in [-0.15, -0.1) is 0 Å². The van der Waals surface area contributed by atoms with Crippen LogP contribution in [0.1, 0.15) is 25.0 Å². The molecule has 0 saturated carbocycles. The van der Waals surface area contributed by atoms with E-state index in [9.17, 15) is 4.39 Å². The Morgan fingerprint density at radius 3 is 2.68 bits per heavy atom. The van der Waals surface area contributed by atoms with Crippen LogP contribution < -0.4 is 10.6 Å². The standard InChI is InChI=1S/C29H25FN4/c1-4-19-14-20(17-31-16-19)18(3)13-24-26(5-2)33-34-29(24)28-15-23-21(10-8-12-27(23)32-28)22-9-6-7-11-25(22)30/h5-17,32-33H,3-4H2,1-2H3/b24-13+,26-5+. The Morgan fingerprint density at radius 2 is 1.88 bits per heavy atom. The molecule has 3 heterocycles. The van der Waals surface area contributed by atoms with Gasteiger partial charge in [0.2, 0.25) is 0 Å². The quantitative estimate of drug-likeness (QED) is 0.367. The number of aryl methyl sites for hydroxylation is 1. The normalized spacial score (nSPS) is 12.6. The molecule has 0 spiro atoms. The Morgan fingerprint density at radius 1 is 1.06 bits per heavy atom. The topological polar surface area (TPSA) is 57.4 Å². The van der Waals surface area contributed by atoms with Crippen LogP contribution in [-0.2, 0) is 6.42 Å².